The number of carbonyl (C=O) groups is 2. The molecule has 4 nitrogen and oxygen atoms in total. The Balaban J connectivity index is 2.61. The average Bonchev–Trinajstić information content (AvgIpc) is 2.85. The summed E-state index contributed by atoms with van der Waals surface area (Å²) < 4.78 is 0. The molecule has 1 heterocycles. The highest BCUT2D eigenvalue weighted by molar-refractivity contribution is 7.08. The Bertz CT molecular complexity index is 448. The summed E-state index contributed by atoms with van der Waals surface area (Å²) in [5, 5.41) is 15.7. The van der Waals surface area contributed by atoms with Crippen molar-refractivity contribution in [1.82, 2.24) is 5.32 Å². The van der Waals surface area contributed by atoms with Crippen LogP contribution in [0.1, 0.15) is 52.0 Å². The first-order valence-electron chi connectivity index (χ1n) is 6.76. The number of aliphatic carboxylic acids is 1. The molecule has 0 aliphatic rings. The highest BCUT2D eigenvalue weighted by atomic mass is 32.1. The van der Waals surface area contributed by atoms with Crippen LogP contribution in [0.4, 0.5) is 0 Å². The molecule has 0 aliphatic carbocycles. The van der Waals surface area contributed by atoms with Gasteiger partial charge in [0.15, 0.2) is 0 Å². The lowest BCUT2D eigenvalue weighted by Crippen LogP contribution is -2.43. The molecule has 2 atom stereocenters. The molecule has 1 rings (SSSR count). The van der Waals surface area contributed by atoms with Crippen LogP contribution in [0.5, 0.6) is 0 Å². The Labute approximate surface area is 124 Å². The lowest BCUT2D eigenvalue weighted by Gasteiger charge is -2.22. The van der Waals surface area contributed by atoms with Crippen molar-refractivity contribution in [3.63, 3.8) is 0 Å². The summed E-state index contributed by atoms with van der Waals surface area (Å²) in [7, 11) is 0. The van der Waals surface area contributed by atoms with Gasteiger partial charge in [0.25, 0.3) is 0 Å². The zero-order valence-electron chi connectivity index (χ0n) is 12.5. The van der Waals surface area contributed by atoms with E-state index in [1.54, 1.807) is 6.92 Å². The monoisotopic (exact) mass is 297 g/mol. The van der Waals surface area contributed by atoms with Crippen LogP contribution in [0.25, 0.3) is 0 Å². The lowest BCUT2D eigenvalue weighted by atomic mass is 9.88. The second kappa shape index (κ2) is 6.88. The molecule has 0 saturated heterocycles. The number of amides is 1. The van der Waals surface area contributed by atoms with Crippen LogP contribution in [0.15, 0.2) is 16.8 Å². The maximum atomic E-state index is 12.1. The third kappa shape index (κ3) is 5.33. The fourth-order valence-electron chi connectivity index (χ4n) is 1.80. The largest absolute Gasteiger partial charge is 0.480 e. The van der Waals surface area contributed by atoms with E-state index in [1.165, 1.54) is 11.3 Å². The average molecular weight is 297 g/mol. The molecule has 20 heavy (non-hydrogen) atoms. The molecule has 1 aromatic heterocycles. The number of carboxylic acids is 1. The first kappa shape index (κ1) is 16.7. The predicted molar refractivity (Wildman–Crippen MR) is 81.0 cm³/mol. The molecule has 0 bridgehead atoms. The van der Waals surface area contributed by atoms with Crippen molar-refractivity contribution in [2.24, 2.45) is 5.41 Å². The third-order valence-corrected chi connectivity index (χ3v) is 3.94. The van der Waals surface area contributed by atoms with E-state index in [1.807, 2.05) is 16.8 Å². The first-order valence-corrected chi connectivity index (χ1v) is 7.70. The highest BCUT2D eigenvalue weighted by Gasteiger charge is 2.25. The van der Waals surface area contributed by atoms with Gasteiger partial charge in [0.2, 0.25) is 5.91 Å². The van der Waals surface area contributed by atoms with E-state index in [0.29, 0.717) is 6.42 Å². The number of hydrogen-bond acceptors (Lipinski definition) is 3. The van der Waals surface area contributed by atoms with Crippen LogP contribution in [0.2, 0.25) is 0 Å². The molecule has 1 aromatic rings. The van der Waals surface area contributed by atoms with Crippen molar-refractivity contribution in [2.75, 3.05) is 0 Å². The molecule has 0 aromatic carbocycles. The van der Waals surface area contributed by atoms with Crippen molar-refractivity contribution in [2.45, 2.75) is 52.5 Å². The van der Waals surface area contributed by atoms with Crippen LogP contribution in [0, 0.1) is 5.41 Å². The van der Waals surface area contributed by atoms with Crippen LogP contribution in [-0.4, -0.2) is 23.0 Å². The third-order valence-electron chi connectivity index (χ3n) is 3.23. The summed E-state index contributed by atoms with van der Waals surface area (Å²) in [6, 6.07) is 1.07. The fourth-order valence-corrected chi connectivity index (χ4v) is 2.56. The first-order chi connectivity index (χ1) is 9.20. The van der Waals surface area contributed by atoms with Crippen molar-refractivity contribution in [1.29, 1.82) is 0 Å². The Morgan fingerprint density at radius 3 is 2.50 bits per heavy atom. The predicted octanol–water partition coefficient (Wildman–Crippen LogP) is 3.25. The summed E-state index contributed by atoms with van der Waals surface area (Å²) in [5.41, 5.74) is 0.977. The molecule has 0 radical (unpaired) electrons. The van der Waals surface area contributed by atoms with Crippen molar-refractivity contribution in [3.05, 3.63) is 22.4 Å². The van der Waals surface area contributed by atoms with Gasteiger partial charge in [0.05, 0.1) is 5.92 Å². The van der Waals surface area contributed by atoms with E-state index in [0.717, 1.165) is 12.0 Å². The van der Waals surface area contributed by atoms with Crippen LogP contribution in [-0.2, 0) is 9.59 Å². The zero-order valence-corrected chi connectivity index (χ0v) is 13.3. The van der Waals surface area contributed by atoms with Crippen molar-refractivity contribution in [3.8, 4) is 0 Å². The minimum absolute atomic E-state index is 0.0530. The molecule has 2 N–H and O–H groups in total. The smallest absolute Gasteiger partial charge is 0.326 e. The quantitative estimate of drug-likeness (QED) is 0.847. The molecule has 1 amide bonds. The second-order valence-electron chi connectivity index (χ2n) is 6.28. The maximum Gasteiger partial charge on any atom is 0.326 e. The normalized spacial score (nSPS) is 14.6. The summed E-state index contributed by atoms with van der Waals surface area (Å²) in [4.78, 5) is 23.4. The molecular formula is C15H23NO3S. The van der Waals surface area contributed by atoms with Gasteiger partial charge in [-0.1, -0.05) is 20.8 Å². The van der Waals surface area contributed by atoms with Gasteiger partial charge < -0.3 is 10.4 Å². The van der Waals surface area contributed by atoms with Gasteiger partial charge >= 0.3 is 5.97 Å². The van der Waals surface area contributed by atoms with E-state index in [2.05, 4.69) is 26.1 Å². The van der Waals surface area contributed by atoms with E-state index < -0.39 is 12.0 Å². The molecule has 0 fully saturated rings. The van der Waals surface area contributed by atoms with Gasteiger partial charge in [-0.2, -0.15) is 11.3 Å². The topological polar surface area (TPSA) is 66.4 Å². The van der Waals surface area contributed by atoms with E-state index in [4.69, 9.17) is 0 Å². The highest BCUT2D eigenvalue weighted by Crippen LogP contribution is 2.22. The zero-order chi connectivity index (χ0) is 15.3. The second-order valence-corrected chi connectivity index (χ2v) is 7.06. The van der Waals surface area contributed by atoms with Gasteiger partial charge in [-0.15, -0.1) is 0 Å². The Morgan fingerprint density at radius 1 is 1.40 bits per heavy atom. The minimum atomic E-state index is -0.972. The number of rotatable bonds is 6. The van der Waals surface area contributed by atoms with Crippen molar-refractivity contribution < 1.29 is 14.7 Å². The van der Waals surface area contributed by atoms with E-state index in [9.17, 15) is 14.7 Å². The van der Waals surface area contributed by atoms with Gasteiger partial charge in [-0.05, 0) is 47.6 Å². The van der Waals surface area contributed by atoms with Crippen molar-refractivity contribution >= 4 is 23.2 Å². The molecular weight excluding hydrogens is 274 g/mol. The summed E-state index contributed by atoms with van der Waals surface area (Å²) in [6.07, 6.45) is 1.19. The number of carbonyl (C=O) groups excluding carboxylic acids is 1. The van der Waals surface area contributed by atoms with Gasteiger partial charge in [-0.3, -0.25) is 4.79 Å². The van der Waals surface area contributed by atoms with Gasteiger partial charge in [-0.25, -0.2) is 4.79 Å². The molecule has 2 unspecified atom stereocenters. The molecule has 0 spiro atoms. The Hall–Kier alpha value is -1.36. The summed E-state index contributed by atoms with van der Waals surface area (Å²) in [6.45, 7) is 7.96. The Kier molecular flexibility index (Phi) is 5.74. The van der Waals surface area contributed by atoms with Crippen LogP contribution >= 0.6 is 11.3 Å². The molecule has 112 valence electrons. The lowest BCUT2D eigenvalue weighted by molar-refractivity contribution is -0.142. The van der Waals surface area contributed by atoms with Gasteiger partial charge in [0.1, 0.15) is 6.04 Å². The number of carboxylic acid groups (broad SMARTS) is 1. The number of thiophene rings is 1. The Morgan fingerprint density at radius 2 is 2.05 bits per heavy atom. The standard InChI is InChI=1S/C15H23NO3S/c1-10(11-6-8-20-9-11)13(17)16-12(14(18)19)5-7-15(2,3)4/h6,8-10,12H,5,7H2,1-4H3,(H,16,17)(H,18,19). The summed E-state index contributed by atoms with van der Waals surface area (Å²) >= 11 is 1.53. The van der Waals surface area contributed by atoms with Gasteiger partial charge in [0, 0.05) is 0 Å². The van der Waals surface area contributed by atoms with Crippen LogP contribution in [0.3, 0.4) is 0 Å². The molecule has 0 aliphatic heterocycles. The van der Waals surface area contributed by atoms with E-state index >= 15 is 0 Å². The fraction of sp³-hybridized carbons (Fsp3) is 0.600. The summed E-state index contributed by atoms with van der Waals surface area (Å²) in [5.74, 6) is -1.53. The number of hydrogen-bond donors (Lipinski definition) is 2. The number of nitrogens with one attached hydrogen (secondary N) is 1. The van der Waals surface area contributed by atoms with E-state index in [-0.39, 0.29) is 17.2 Å². The van der Waals surface area contributed by atoms with Crippen LogP contribution < -0.4 is 5.32 Å². The molecule has 5 heteroatoms. The maximum absolute atomic E-state index is 12.1. The minimum Gasteiger partial charge on any atom is -0.480 e. The SMILES string of the molecule is CC(C(=O)NC(CCC(C)(C)C)C(=O)O)c1ccsc1. The molecule has 0 saturated carbocycles.